The number of nitrogens with zero attached hydrogens (tertiary/aromatic N) is 1. The van der Waals surface area contributed by atoms with Gasteiger partial charge in [-0.2, -0.15) is 13.2 Å². The van der Waals surface area contributed by atoms with Crippen molar-refractivity contribution in [2.24, 2.45) is 0 Å². The van der Waals surface area contributed by atoms with Crippen LogP contribution in [0.25, 0.3) is 0 Å². The Hall–Kier alpha value is -2.83. The van der Waals surface area contributed by atoms with Crippen molar-refractivity contribution in [1.29, 1.82) is 0 Å². The Bertz CT molecular complexity index is 861. The lowest BCUT2D eigenvalue weighted by molar-refractivity contribution is -0.137. The highest BCUT2D eigenvalue weighted by Crippen LogP contribution is 2.30. The van der Waals surface area contributed by atoms with Gasteiger partial charge in [0.2, 0.25) is 12.3 Å². The number of hydrogen-bond donors (Lipinski definition) is 1. The average molecular weight is 376 g/mol. The van der Waals surface area contributed by atoms with E-state index in [0.29, 0.717) is 25.1 Å². The van der Waals surface area contributed by atoms with Crippen molar-refractivity contribution < 1.29 is 22.8 Å². The molecule has 0 radical (unpaired) electrons. The fourth-order valence-corrected chi connectivity index (χ4v) is 3.24. The predicted molar refractivity (Wildman–Crippen MR) is 95.1 cm³/mol. The zero-order valence-corrected chi connectivity index (χ0v) is 14.8. The van der Waals surface area contributed by atoms with E-state index < -0.39 is 11.7 Å². The van der Waals surface area contributed by atoms with Crippen LogP contribution in [0.15, 0.2) is 36.4 Å². The summed E-state index contributed by atoms with van der Waals surface area (Å²) in [5.74, 6) is -0.288. The van der Waals surface area contributed by atoms with Crippen molar-refractivity contribution in [2.45, 2.75) is 32.5 Å². The number of carbonyl (C=O) groups is 2. The highest BCUT2D eigenvalue weighted by atomic mass is 19.4. The first-order valence-electron chi connectivity index (χ1n) is 8.54. The summed E-state index contributed by atoms with van der Waals surface area (Å²) in [4.78, 5) is 25.1. The fourth-order valence-electron chi connectivity index (χ4n) is 3.24. The van der Waals surface area contributed by atoms with Gasteiger partial charge in [0.1, 0.15) is 0 Å². The zero-order chi connectivity index (χ0) is 19.6. The lowest BCUT2D eigenvalue weighted by Crippen LogP contribution is -2.30. The predicted octanol–water partition coefficient (Wildman–Crippen LogP) is 3.71. The molecule has 4 nitrogen and oxygen atoms in total. The van der Waals surface area contributed by atoms with Crippen LogP contribution in [0.5, 0.6) is 0 Å². The normalized spacial score (nSPS) is 13.9. The summed E-state index contributed by atoms with van der Waals surface area (Å²) in [6.45, 7) is 2.97. The molecule has 0 fully saturated rings. The van der Waals surface area contributed by atoms with Gasteiger partial charge in [-0.15, -0.1) is 0 Å². The van der Waals surface area contributed by atoms with Crippen molar-refractivity contribution in [3.05, 3.63) is 64.2 Å². The van der Waals surface area contributed by atoms with E-state index in [1.165, 1.54) is 12.1 Å². The van der Waals surface area contributed by atoms with Crippen LogP contribution in [0.1, 0.15) is 27.8 Å². The van der Waals surface area contributed by atoms with Crippen molar-refractivity contribution >= 4 is 18.0 Å². The number of hydrogen-bond acceptors (Lipinski definition) is 2. The second-order valence-corrected chi connectivity index (χ2v) is 6.64. The van der Waals surface area contributed by atoms with Gasteiger partial charge < -0.3 is 10.2 Å². The van der Waals surface area contributed by atoms with E-state index in [-0.39, 0.29) is 12.3 Å². The first kappa shape index (κ1) is 18.9. The molecule has 0 atom stereocenters. The molecule has 27 heavy (non-hydrogen) atoms. The van der Waals surface area contributed by atoms with Gasteiger partial charge in [-0.25, -0.2) is 0 Å². The Morgan fingerprint density at radius 2 is 1.89 bits per heavy atom. The largest absolute Gasteiger partial charge is 0.416 e. The second kappa shape index (κ2) is 7.42. The molecule has 0 saturated carbocycles. The van der Waals surface area contributed by atoms with Crippen LogP contribution in [-0.2, 0) is 35.2 Å². The fraction of sp³-hybridized carbons (Fsp3) is 0.300. The maximum Gasteiger partial charge on any atom is 0.416 e. The SMILES string of the molecule is Cc1ccc2c(c1NC(=O)Cc1ccc(C(F)(F)F)cc1)CCN(C=O)C2. The molecule has 1 N–H and O–H groups in total. The van der Waals surface area contributed by atoms with Gasteiger partial charge >= 0.3 is 6.18 Å². The van der Waals surface area contributed by atoms with Gasteiger partial charge in [0.05, 0.1) is 12.0 Å². The third-order valence-corrected chi connectivity index (χ3v) is 4.70. The Morgan fingerprint density at radius 1 is 1.19 bits per heavy atom. The third-order valence-electron chi connectivity index (χ3n) is 4.70. The number of benzene rings is 2. The number of alkyl halides is 3. The van der Waals surface area contributed by atoms with Crippen molar-refractivity contribution in [2.75, 3.05) is 11.9 Å². The van der Waals surface area contributed by atoms with Crippen LogP contribution in [0, 0.1) is 6.92 Å². The topological polar surface area (TPSA) is 49.4 Å². The number of rotatable bonds is 4. The molecule has 2 aromatic carbocycles. The number of carbonyl (C=O) groups excluding carboxylic acids is 2. The monoisotopic (exact) mass is 376 g/mol. The van der Waals surface area contributed by atoms with E-state index in [4.69, 9.17) is 0 Å². The van der Waals surface area contributed by atoms with Crippen LogP contribution in [0.4, 0.5) is 18.9 Å². The number of nitrogens with one attached hydrogen (secondary N) is 1. The molecule has 1 heterocycles. The maximum atomic E-state index is 12.6. The molecule has 0 aromatic heterocycles. The van der Waals surface area contributed by atoms with Gasteiger partial charge in [0.15, 0.2) is 0 Å². The number of anilines is 1. The van der Waals surface area contributed by atoms with Gasteiger partial charge in [0, 0.05) is 18.8 Å². The molecule has 0 aliphatic carbocycles. The first-order valence-corrected chi connectivity index (χ1v) is 8.54. The quantitative estimate of drug-likeness (QED) is 0.827. The second-order valence-electron chi connectivity index (χ2n) is 6.64. The summed E-state index contributed by atoms with van der Waals surface area (Å²) in [6.07, 6.45) is -2.95. The van der Waals surface area contributed by atoms with Crippen LogP contribution < -0.4 is 5.32 Å². The van der Waals surface area contributed by atoms with E-state index in [1.54, 1.807) is 4.90 Å². The highest BCUT2D eigenvalue weighted by Gasteiger charge is 2.30. The smallest absolute Gasteiger partial charge is 0.341 e. The van der Waals surface area contributed by atoms with Crippen LogP contribution in [0.3, 0.4) is 0 Å². The molecule has 0 unspecified atom stereocenters. The van der Waals surface area contributed by atoms with E-state index in [9.17, 15) is 22.8 Å². The Kier molecular flexibility index (Phi) is 5.21. The van der Waals surface area contributed by atoms with Gasteiger partial charge in [-0.1, -0.05) is 24.3 Å². The van der Waals surface area contributed by atoms with Crippen LogP contribution in [0.2, 0.25) is 0 Å². The molecule has 2 amide bonds. The molecular formula is C20H19F3N2O2. The molecule has 3 rings (SSSR count). The molecule has 1 aliphatic rings. The van der Waals surface area contributed by atoms with Crippen molar-refractivity contribution in [3.63, 3.8) is 0 Å². The summed E-state index contributed by atoms with van der Waals surface area (Å²) < 4.78 is 37.9. The van der Waals surface area contributed by atoms with Crippen LogP contribution >= 0.6 is 0 Å². The minimum absolute atomic E-state index is 0.0122. The molecule has 0 bridgehead atoms. The summed E-state index contributed by atoms with van der Waals surface area (Å²) >= 11 is 0. The van der Waals surface area contributed by atoms with E-state index >= 15 is 0 Å². The summed E-state index contributed by atoms with van der Waals surface area (Å²) in [7, 11) is 0. The third kappa shape index (κ3) is 4.30. The Balaban J connectivity index is 1.74. The summed E-state index contributed by atoms with van der Waals surface area (Å²) in [6, 6.07) is 8.43. The Labute approximate surface area is 155 Å². The molecule has 1 aliphatic heterocycles. The zero-order valence-electron chi connectivity index (χ0n) is 14.8. The molecule has 2 aromatic rings. The first-order chi connectivity index (χ1) is 12.8. The Morgan fingerprint density at radius 3 is 2.52 bits per heavy atom. The molecular weight excluding hydrogens is 357 g/mol. The van der Waals surface area contributed by atoms with Crippen LogP contribution in [-0.4, -0.2) is 23.8 Å². The lowest BCUT2D eigenvalue weighted by Gasteiger charge is -2.28. The number of aryl methyl sites for hydroxylation is 1. The average Bonchev–Trinajstić information content (AvgIpc) is 2.63. The highest BCUT2D eigenvalue weighted by molar-refractivity contribution is 5.94. The maximum absolute atomic E-state index is 12.6. The number of halogens is 3. The minimum Gasteiger partial charge on any atom is -0.341 e. The summed E-state index contributed by atoms with van der Waals surface area (Å²) in [5, 5.41) is 2.90. The number of amides is 2. The lowest BCUT2D eigenvalue weighted by atomic mass is 9.95. The molecule has 142 valence electrons. The van der Waals surface area contributed by atoms with Gasteiger partial charge in [-0.05, 0) is 47.7 Å². The minimum atomic E-state index is -4.39. The van der Waals surface area contributed by atoms with Gasteiger partial charge in [0.25, 0.3) is 0 Å². The van der Waals surface area contributed by atoms with Crippen molar-refractivity contribution in [1.82, 2.24) is 4.90 Å². The molecule has 7 heteroatoms. The van der Waals surface area contributed by atoms with Crippen molar-refractivity contribution in [3.8, 4) is 0 Å². The van der Waals surface area contributed by atoms with E-state index in [1.807, 2.05) is 19.1 Å². The molecule has 0 saturated heterocycles. The molecule has 0 spiro atoms. The number of fused-ring (bicyclic) bond motifs is 1. The standard InChI is InChI=1S/C20H19F3N2O2/c1-13-2-5-15-11-25(12-26)9-8-17(15)19(13)24-18(27)10-14-3-6-16(7-4-14)20(21,22)23/h2-7,12H,8-11H2,1H3,(H,24,27). The van der Waals surface area contributed by atoms with Gasteiger partial charge in [-0.3, -0.25) is 9.59 Å². The summed E-state index contributed by atoms with van der Waals surface area (Å²) in [5.41, 5.74) is 3.41. The van der Waals surface area contributed by atoms with E-state index in [2.05, 4.69) is 5.32 Å². The van der Waals surface area contributed by atoms with E-state index in [0.717, 1.165) is 40.9 Å².